The highest BCUT2D eigenvalue weighted by atomic mass is 32.1. The van der Waals surface area contributed by atoms with Crippen molar-refractivity contribution in [2.45, 2.75) is 19.5 Å². The van der Waals surface area contributed by atoms with Gasteiger partial charge in [0.15, 0.2) is 0 Å². The Hall–Kier alpha value is -1.27. The first-order chi connectivity index (χ1) is 7.36. The summed E-state index contributed by atoms with van der Waals surface area (Å²) in [5.74, 6) is 0. The minimum Gasteiger partial charge on any atom is -0.308 e. The van der Waals surface area contributed by atoms with Crippen molar-refractivity contribution in [3.05, 3.63) is 29.2 Å². The molecule has 0 aromatic carbocycles. The summed E-state index contributed by atoms with van der Waals surface area (Å²) in [5, 5.41) is 7.44. The molecular formula is C9H13N5S. The summed E-state index contributed by atoms with van der Waals surface area (Å²) in [6.07, 6.45) is 5.17. The molecular weight excluding hydrogens is 210 g/mol. The first kappa shape index (κ1) is 10.3. The summed E-state index contributed by atoms with van der Waals surface area (Å²) < 4.78 is 1.81. The van der Waals surface area contributed by atoms with Gasteiger partial charge >= 0.3 is 0 Å². The molecule has 2 aromatic heterocycles. The zero-order chi connectivity index (χ0) is 10.5. The van der Waals surface area contributed by atoms with Crippen molar-refractivity contribution in [3.8, 4) is 0 Å². The number of rotatable bonds is 5. The van der Waals surface area contributed by atoms with E-state index in [9.17, 15) is 0 Å². The zero-order valence-electron chi connectivity index (χ0n) is 8.50. The summed E-state index contributed by atoms with van der Waals surface area (Å²) in [4.78, 5) is 9.20. The Bertz CT molecular complexity index is 369. The maximum Gasteiger partial charge on any atom is 0.137 e. The smallest absolute Gasteiger partial charge is 0.137 e. The van der Waals surface area contributed by atoms with Gasteiger partial charge < -0.3 is 5.32 Å². The highest BCUT2D eigenvalue weighted by Crippen LogP contribution is 2.15. The fourth-order valence-electron chi connectivity index (χ4n) is 1.28. The normalized spacial score (nSPS) is 12.9. The molecule has 0 spiro atoms. The highest BCUT2D eigenvalue weighted by molar-refractivity contribution is 7.09. The van der Waals surface area contributed by atoms with Crippen LogP contribution in [0.1, 0.15) is 17.8 Å². The van der Waals surface area contributed by atoms with E-state index in [0.29, 0.717) is 6.04 Å². The number of hydrogen-bond donors (Lipinski definition) is 1. The Balaban J connectivity index is 1.74. The van der Waals surface area contributed by atoms with Crippen LogP contribution in [0.5, 0.6) is 0 Å². The van der Waals surface area contributed by atoms with Gasteiger partial charge in [-0.25, -0.2) is 4.98 Å². The average molecular weight is 223 g/mol. The van der Waals surface area contributed by atoms with Gasteiger partial charge in [-0.1, -0.05) is 0 Å². The van der Waals surface area contributed by atoms with Crippen LogP contribution in [0.25, 0.3) is 0 Å². The lowest BCUT2D eigenvalue weighted by Crippen LogP contribution is -2.22. The lowest BCUT2D eigenvalue weighted by Gasteiger charge is -2.10. The molecule has 0 bridgehead atoms. The molecule has 5 nitrogen and oxygen atoms in total. The van der Waals surface area contributed by atoms with Gasteiger partial charge in [0.1, 0.15) is 12.7 Å². The number of hydrogen-bond acceptors (Lipinski definition) is 5. The number of aromatic nitrogens is 4. The van der Waals surface area contributed by atoms with E-state index in [1.165, 1.54) is 4.88 Å². The third kappa shape index (κ3) is 2.84. The van der Waals surface area contributed by atoms with Gasteiger partial charge in [0, 0.05) is 23.7 Å². The molecule has 1 atom stereocenters. The van der Waals surface area contributed by atoms with Crippen LogP contribution in [-0.4, -0.2) is 26.3 Å². The molecule has 0 aliphatic heterocycles. The molecule has 1 unspecified atom stereocenters. The summed E-state index contributed by atoms with van der Waals surface area (Å²) in [5.41, 5.74) is 1.85. The second kappa shape index (κ2) is 4.99. The van der Waals surface area contributed by atoms with Crippen LogP contribution in [0.2, 0.25) is 0 Å². The van der Waals surface area contributed by atoms with Gasteiger partial charge in [0.25, 0.3) is 0 Å². The van der Waals surface area contributed by atoms with Crippen molar-refractivity contribution in [1.82, 2.24) is 25.1 Å². The van der Waals surface area contributed by atoms with Crippen molar-refractivity contribution in [1.29, 1.82) is 0 Å². The topological polar surface area (TPSA) is 55.6 Å². The molecule has 0 fully saturated rings. The average Bonchev–Trinajstić information content (AvgIpc) is 2.90. The van der Waals surface area contributed by atoms with Crippen molar-refractivity contribution < 1.29 is 0 Å². The summed E-state index contributed by atoms with van der Waals surface area (Å²) in [6, 6.07) is 0.348. The molecule has 80 valence electrons. The minimum absolute atomic E-state index is 0.348. The quantitative estimate of drug-likeness (QED) is 0.824. The van der Waals surface area contributed by atoms with Crippen molar-refractivity contribution >= 4 is 11.3 Å². The molecule has 0 amide bonds. The van der Waals surface area contributed by atoms with Gasteiger partial charge in [-0.2, -0.15) is 5.10 Å². The Morgan fingerprint density at radius 2 is 2.47 bits per heavy atom. The van der Waals surface area contributed by atoms with Crippen LogP contribution in [0.15, 0.2) is 24.4 Å². The Morgan fingerprint density at radius 3 is 3.13 bits per heavy atom. The van der Waals surface area contributed by atoms with Crippen LogP contribution in [0, 0.1) is 0 Å². The molecule has 0 radical (unpaired) electrons. The van der Waals surface area contributed by atoms with E-state index in [-0.39, 0.29) is 0 Å². The lowest BCUT2D eigenvalue weighted by atomic mass is 10.3. The second-order valence-electron chi connectivity index (χ2n) is 3.24. The third-order valence-electron chi connectivity index (χ3n) is 2.14. The fraction of sp³-hybridized carbons (Fsp3) is 0.444. The summed E-state index contributed by atoms with van der Waals surface area (Å²) in [7, 11) is 0. The van der Waals surface area contributed by atoms with E-state index in [1.54, 1.807) is 24.0 Å². The Kier molecular flexibility index (Phi) is 3.41. The van der Waals surface area contributed by atoms with E-state index < -0.39 is 0 Å². The molecule has 2 aromatic rings. The molecule has 2 rings (SSSR count). The van der Waals surface area contributed by atoms with Gasteiger partial charge in [-0.3, -0.25) is 9.67 Å². The highest BCUT2D eigenvalue weighted by Gasteiger charge is 2.05. The molecule has 6 heteroatoms. The first-order valence-electron chi connectivity index (χ1n) is 4.80. The first-order valence-corrected chi connectivity index (χ1v) is 5.68. The Labute approximate surface area is 92.2 Å². The lowest BCUT2D eigenvalue weighted by molar-refractivity contribution is 0.510. The van der Waals surface area contributed by atoms with Gasteiger partial charge in [-0.15, -0.1) is 11.3 Å². The second-order valence-corrected chi connectivity index (χ2v) is 4.16. The van der Waals surface area contributed by atoms with E-state index in [4.69, 9.17) is 0 Å². The maximum absolute atomic E-state index is 4.05. The molecule has 0 saturated heterocycles. The molecule has 0 aliphatic carbocycles. The Morgan fingerprint density at radius 1 is 1.53 bits per heavy atom. The van der Waals surface area contributed by atoms with E-state index >= 15 is 0 Å². The van der Waals surface area contributed by atoms with Crippen LogP contribution in [0.3, 0.4) is 0 Å². The SMILES string of the molecule is CC(NCCn1cncn1)c1cncs1. The van der Waals surface area contributed by atoms with Crippen molar-refractivity contribution in [2.75, 3.05) is 6.54 Å². The number of nitrogens with zero attached hydrogens (tertiary/aromatic N) is 4. The zero-order valence-corrected chi connectivity index (χ0v) is 9.31. The van der Waals surface area contributed by atoms with Gasteiger partial charge in [0.2, 0.25) is 0 Å². The van der Waals surface area contributed by atoms with Crippen LogP contribution >= 0.6 is 11.3 Å². The fourth-order valence-corrected chi connectivity index (χ4v) is 1.94. The summed E-state index contributed by atoms with van der Waals surface area (Å²) in [6.45, 7) is 3.85. The van der Waals surface area contributed by atoms with Crippen LogP contribution < -0.4 is 5.32 Å². The van der Waals surface area contributed by atoms with Gasteiger partial charge in [-0.05, 0) is 6.92 Å². The monoisotopic (exact) mass is 223 g/mol. The predicted octanol–water partition coefficient (Wildman–Crippen LogP) is 1.09. The van der Waals surface area contributed by atoms with E-state index in [0.717, 1.165) is 13.1 Å². The van der Waals surface area contributed by atoms with Crippen molar-refractivity contribution in [3.63, 3.8) is 0 Å². The number of nitrogens with one attached hydrogen (secondary N) is 1. The molecule has 0 saturated carbocycles. The van der Waals surface area contributed by atoms with Gasteiger partial charge in [0.05, 0.1) is 12.1 Å². The molecule has 15 heavy (non-hydrogen) atoms. The predicted molar refractivity (Wildman–Crippen MR) is 58.6 cm³/mol. The standard InChI is InChI=1S/C9H13N5S/c1-8(9-4-10-7-15-9)12-2-3-14-6-11-5-13-14/h4-8,12H,2-3H2,1H3. The molecule has 0 aliphatic rings. The van der Waals surface area contributed by atoms with Crippen molar-refractivity contribution in [2.24, 2.45) is 0 Å². The largest absolute Gasteiger partial charge is 0.308 e. The summed E-state index contributed by atoms with van der Waals surface area (Å²) >= 11 is 1.67. The number of thiazole rings is 1. The van der Waals surface area contributed by atoms with Crippen LogP contribution in [-0.2, 0) is 6.54 Å². The third-order valence-corrected chi connectivity index (χ3v) is 3.09. The minimum atomic E-state index is 0.348. The van der Waals surface area contributed by atoms with E-state index in [1.807, 2.05) is 16.4 Å². The van der Waals surface area contributed by atoms with E-state index in [2.05, 4.69) is 27.3 Å². The molecule has 2 heterocycles. The molecule has 1 N–H and O–H groups in total. The maximum atomic E-state index is 4.05. The van der Waals surface area contributed by atoms with Crippen LogP contribution in [0.4, 0.5) is 0 Å².